The number of aryl methyl sites for hydroxylation is 1. The van der Waals surface area contributed by atoms with Gasteiger partial charge in [-0.2, -0.15) is 13.2 Å². The highest BCUT2D eigenvalue weighted by Crippen LogP contribution is 2.17. The zero-order valence-electron chi connectivity index (χ0n) is 15.8. The van der Waals surface area contributed by atoms with Crippen LogP contribution in [0.5, 0.6) is 0 Å². The van der Waals surface area contributed by atoms with Gasteiger partial charge in [-0.15, -0.1) is 0 Å². The van der Waals surface area contributed by atoms with E-state index in [2.05, 4.69) is 14.9 Å². The third kappa shape index (κ3) is 7.30. The van der Waals surface area contributed by atoms with Crippen molar-refractivity contribution in [1.82, 2.24) is 14.9 Å². The number of carbonyl (C=O) groups excluding carboxylic acids is 1. The Morgan fingerprint density at radius 2 is 1.63 bits per heavy atom. The van der Waals surface area contributed by atoms with E-state index >= 15 is 0 Å². The quantitative estimate of drug-likeness (QED) is 0.754. The molecule has 30 heavy (non-hydrogen) atoms. The summed E-state index contributed by atoms with van der Waals surface area (Å²) in [7, 11) is 0. The average Bonchev–Trinajstić information content (AvgIpc) is 2.73. The smallest absolute Gasteiger partial charge is 0.475 e. The molecule has 11 heteroatoms. The van der Waals surface area contributed by atoms with E-state index in [1.807, 2.05) is 4.90 Å². The Morgan fingerprint density at radius 3 is 2.13 bits per heavy atom. The summed E-state index contributed by atoms with van der Waals surface area (Å²) in [6.07, 6.45) is 0.946. The fourth-order valence-electron chi connectivity index (χ4n) is 2.72. The Bertz CT molecular complexity index is 824. The van der Waals surface area contributed by atoms with Gasteiger partial charge in [-0.3, -0.25) is 14.8 Å². The summed E-state index contributed by atoms with van der Waals surface area (Å²) in [6, 6.07) is 6.49. The lowest BCUT2D eigenvalue weighted by atomic mass is 10.2. The molecule has 0 bridgehead atoms. The summed E-state index contributed by atoms with van der Waals surface area (Å²) in [6.45, 7) is 2.92. The normalized spacial score (nSPS) is 14.0. The van der Waals surface area contributed by atoms with Gasteiger partial charge in [0.2, 0.25) is 5.91 Å². The van der Waals surface area contributed by atoms with Crippen molar-refractivity contribution >= 4 is 17.6 Å². The summed E-state index contributed by atoms with van der Waals surface area (Å²) in [5.41, 5.74) is 1.84. The maximum Gasteiger partial charge on any atom is 0.490 e. The summed E-state index contributed by atoms with van der Waals surface area (Å²) in [5, 5.41) is 7.12. The second kappa shape index (κ2) is 10.5. The number of rotatable bonds is 4. The van der Waals surface area contributed by atoms with Gasteiger partial charge < -0.3 is 14.9 Å². The molecule has 0 saturated carbocycles. The third-order valence-electron chi connectivity index (χ3n) is 4.28. The minimum absolute atomic E-state index is 0.148. The number of carboxylic acids is 1. The zero-order valence-corrected chi connectivity index (χ0v) is 15.8. The number of hydrogen-bond donors (Lipinski definition) is 1. The molecule has 2 aromatic rings. The molecule has 3 rings (SSSR count). The summed E-state index contributed by atoms with van der Waals surface area (Å²) < 4.78 is 44.7. The Morgan fingerprint density at radius 1 is 1.03 bits per heavy atom. The molecule has 0 radical (unpaired) electrons. The SMILES string of the molecule is O=C(CCc1cnccn1)N1CCN(c2ccc(F)cc2)CC1.O=C(O)C(F)(F)F. The Kier molecular flexibility index (Phi) is 8.07. The van der Waals surface area contributed by atoms with Crippen molar-refractivity contribution in [1.29, 1.82) is 0 Å². The average molecular weight is 428 g/mol. The molecule has 0 spiro atoms. The maximum atomic E-state index is 13.0. The first-order chi connectivity index (χ1) is 14.2. The van der Waals surface area contributed by atoms with Crippen LogP contribution in [0.25, 0.3) is 0 Å². The first-order valence-corrected chi connectivity index (χ1v) is 9.00. The van der Waals surface area contributed by atoms with Gasteiger partial charge in [0.1, 0.15) is 5.82 Å². The molecule has 1 aromatic heterocycles. The molecule has 1 N–H and O–H groups in total. The van der Waals surface area contributed by atoms with Gasteiger partial charge in [0.15, 0.2) is 0 Å². The highest BCUT2D eigenvalue weighted by molar-refractivity contribution is 5.76. The molecule has 7 nitrogen and oxygen atoms in total. The van der Waals surface area contributed by atoms with Gasteiger partial charge in [-0.25, -0.2) is 9.18 Å². The second-order valence-corrected chi connectivity index (χ2v) is 6.34. The largest absolute Gasteiger partial charge is 0.490 e. The van der Waals surface area contributed by atoms with Crippen molar-refractivity contribution < 1.29 is 32.3 Å². The lowest BCUT2D eigenvalue weighted by Gasteiger charge is -2.36. The number of hydrogen-bond acceptors (Lipinski definition) is 5. The van der Waals surface area contributed by atoms with Crippen LogP contribution in [0.2, 0.25) is 0 Å². The summed E-state index contributed by atoms with van der Waals surface area (Å²) >= 11 is 0. The molecule has 2 heterocycles. The summed E-state index contributed by atoms with van der Waals surface area (Å²) in [4.78, 5) is 33.4. The summed E-state index contributed by atoms with van der Waals surface area (Å²) in [5.74, 6) is -2.84. The number of alkyl halides is 3. The molecule has 1 amide bonds. The first kappa shape index (κ1) is 23.0. The Hall–Kier alpha value is -3.24. The van der Waals surface area contributed by atoms with Crippen LogP contribution in [-0.2, 0) is 16.0 Å². The zero-order chi connectivity index (χ0) is 22.1. The molecule has 1 fully saturated rings. The van der Waals surface area contributed by atoms with E-state index < -0.39 is 12.1 Å². The molecule has 1 aliphatic rings. The highest BCUT2D eigenvalue weighted by Gasteiger charge is 2.38. The standard InChI is InChI=1S/C17H19FN4O.C2HF3O2/c18-14-1-4-16(5-2-14)21-9-11-22(12-10-21)17(23)6-3-15-13-19-7-8-20-15;3-2(4,5)1(6)7/h1-2,4-5,7-8,13H,3,6,9-12H2;(H,6,7). The molecule has 0 unspecified atom stereocenters. The van der Waals surface area contributed by atoms with Crippen LogP contribution in [0.15, 0.2) is 42.9 Å². The van der Waals surface area contributed by atoms with Crippen LogP contribution in [0, 0.1) is 5.82 Å². The first-order valence-electron chi connectivity index (χ1n) is 9.00. The van der Waals surface area contributed by atoms with Crippen LogP contribution >= 0.6 is 0 Å². The maximum absolute atomic E-state index is 13.0. The van der Waals surface area contributed by atoms with Crippen LogP contribution in [0.4, 0.5) is 23.2 Å². The number of carbonyl (C=O) groups is 2. The molecule has 0 aliphatic carbocycles. The number of aliphatic carboxylic acids is 1. The van der Waals surface area contributed by atoms with Crippen LogP contribution in [0.3, 0.4) is 0 Å². The highest BCUT2D eigenvalue weighted by atomic mass is 19.4. The number of amides is 1. The third-order valence-corrected chi connectivity index (χ3v) is 4.28. The predicted molar refractivity (Wildman–Crippen MR) is 99.2 cm³/mol. The molecule has 162 valence electrons. The van der Waals surface area contributed by atoms with Crippen LogP contribution in [-0.4, -0.2) is 64.2 Å². The van der Waals surface area contributed by atoms with Crippen molar-refractivity contribution in [3.63, 3.8) is 0 Å². The van der Waals surface area contributed by atoms with Crippen LogP contribution < -0.4 is 4.90 Å². The van der Waals surface area contributed by atoms with Crippen molar-refractivity contribution in [3.8, 4) is 0 Å². The number of benzene rings is 1. The molecular formula is C19H20F4N4O3. The topological polar surface area (TPSA) is 86.6 Å². The van der Waals surface area contributed by atoms with Gasteiger partial charge in [0.05, 0.1) is 5.69 Å². The molecule has 1 aromatic carbocycles. The minimum Gasteiger partial charge on any atom is -0.475 e. The Balaban J connectivity index is 0.000000396. The number of nitrogens with zero attached hydrogens (tertiary/aromatic N) is 4. The van der Waals surface area contributed by atoms with Gasteiger partial charge in [0.25, 0.3) is 0 Å². The number of aromatic nitrogens is 2. The lowest BCUT2D eigenvalue weighted by Crippen LogP contribution is -2.48. The van der Waals surface area contributed by atoms with E-state index in [1.165, 1.54) is 12.1 Å². The molecule has 1 aliphatic heterocycles. The lowest BCUT2D eigenvalue weighted by molar-refractivity contribution is -0.192. The monoisotopic (exact) mass is 428 g/mol. The van der Waals surface area contributed by atoms with Crippen molar-refractivity contribution in [2.75, 3.05) is 31.1 Å². The molecule has 0 atom stereocenters. The fraction of sp³-hybridized carbons (Fsp3) is 0.368. The van der Waals surface area contributed by atoms with Gasteiger partial charge in [0, 0.05) is 56.9 Å². The second-order valence-electron chi connectivity index (χ2n) is 6.34. The van der Waals surface area contributed by atoms with E-state index in [-0.39, 0.29) is 11.7 Å². The van der Waals surface area contributed by atoms with E-state index in [9.17, 15) is 22.4 Å². The van der Waals surface area contributed by atoms with Crippen LogP contribution in [0.1, 0.15) is 12.1 Å². The Labute approximate surface area is 170 Å². The van der Waals surface area contributed by atoms with Crippen molar-refractivity contribution in [2.45, 2.75) is 19.0 Å². The predicted octanol–water partition coefficient (Wildman–Crippen LogP) is 2.53. The van der Waals surface area contributed by atoms with Crippen molar-refractivity contribution in [3.05, 3.63) is 54.4 Å². The minimum atomic E-state index is -5.08. The van der Waals surface area contributed by atoms with Gasteiger partial charge in [-0.05, 0) is 30.7 Å². The van der Waals surface area contributed by atoms with E-state index in [0.29, 0.717) is 25.9 Å². The van der Waals surface area contributed by atoms with Gasteiger partial charge in [-0.1, -0.05) is 0 Å². The van der Waals surface area contributed by atoms with E-state index in [1.54, 1.807) is 30.7 Å². The van der Waals surface area contributed by atoms with E-state index in [0.717, 1.165) is 24.5 Å². The van der Waals surface area contributed by atoms with Crippen molar-refractivity contribution in [2.24, 2.45) is 0 Å². The number of halogens is 4. The fourth-order valence-corrected chi connectivity index (χ4v) is 2.72. The van der Waals surface area contributed by atoms with Gasteiger partial charge >= 0.3 is 12.1 Å². The van der Waals surface area contributed by atoms with E-state index in [4.69, 9.17) is 9.90 Å². The molecule has 1 saturated heterocycles. The molecular weight excluding hydrogens is 408 g/mol. The number of anilines is 1. The number of carboxylic acid groups (broad SMARTS) is 1. The number of piperazine rings is 1.